The number of nitrogens with zero attached hydrogens (tertiary/aromatic N) is 3. The number of carbonyl (C=O) groups excluding carboxylic acids is 1. The maximum atomic E-state index is 13.1. The van der Waals surface area contributed by atoms with Gasteiger partial charge in [0.15, 0.2) is 0 Å². The lowest BCUT2D eigenvalue weighted by molar-refractivity contribution is -0.151. The number of nitrogens with one attached hydrogen (secondary N) is 1. The van der Waals surface area contributed by atoms with Crippen LogP contribution in [0.2, 0.25) is 0 Å². The molecule has 3 heterocycles. The number of amides is 1. The average molecular weight is 340 g/mol. The highest BCUT2D eigenvalue weighted by Gasteiger charge is 2.39. The molecule has 0 bridgehead atoms. The van der Waals surface area contributed by atoms with E-state index in [1.807, 2.05) is 43.4 Å². The number of hydrogen-bond acceptors (Lipinski definition) is 4. The molecule has 6 nitrogen and oxygen atoms in total. The summed E-state index contributed by atoms with van der Waals surface area (Å²) in [6.07, 6.45) is 4.53. The molecule has 2 aliphatic heterocycles. The Morgan fingerprint density at radius 2 is 2.16 bits per heavy atom. The predicted octanol–water partition coefficient (Wildman–Crippen LogP) is 1.21. The normalized spacial score (nSPS) is 26.3. The lowest BCUT2D eigenvalue weighted by atomic mass is 9.93. The summed E-state index contributed by atoms with van der Waals surface area (Å²) < 4.78 is 7.79. The third-order valence-corrected chi connectivity index (χ3v) is 5.28. The Labute approximate surface area is 147 Å². The number of morpholine rings is 1. The smallest absolute Gasteiger partial charge is 0.240 e. The summed E-state index contributed by atoms with van der Waals surface area (Å²) in [5.41, 5.74) is 3.06. The zero-order valence-electron chi connectivity index (χ0n) is 14.7. The minimum Gasteiger partial charge on any atom is -0.367 e. The number of aryl methyl sites for hydroxylation is 1. The average Bonchev–Trinajstić information content (AvgIpc) is 3.08. The number of ether oxygens (including phenoxy) is 1. The highest BCUT2D eigenvalue weighted by atomic mass is 16.5. The van der Waals surface area contributed by atoms with E-state index in [9.17, 15) is 4.79 Å². The first-order chi connectivity index (χ1) is 12.0. The topological polar surface area (TPSA) is 59.4 Å². The van der Waals surface area contributed by atoms with E-state index in [0.717, 1.165) is 18.5 Å². The van der Waals surface area contributed by atoms with Crippen LogP contribution < -0.4 is 5.32 Å². The van der Waals surface area contributed by atoms with Gasteiger partial charge in [0.05, 0.1) is 25.4 Å². The van der Waals surface area contributed by atoms with Gasteiger partial charge in [-0.3, -0.25) is 9.48 Å². The third kappa shape index (κ3) is 3.07. The summed E-state index contributed by atoms with van der Waals surface area (Å²) in [5.74, 6) is 0.160. The van der Waals surface area contributed by atoms with E-state index >= 15 is 0 Å². The molecule has 2 aromatic rings. The van der Waals surface area contributed by atoms with Crippen molar-refractivity contribution in [2.24, 2.45) is 7.05 Å². The van der Waals surface area contributed by atoms with Gasteiger partial charge in [-0.05, 0) is 24.5 Å². The molecule has 0 aliphatic carbocycles. The standard InChI is InChI=1S/C19H24N4O2/c1-19(16-11-21-22(2)12-16)13-23(7-8-25-19)18(24)17-9-14-5-3-4-6-15(14)10-20-17/h3-6,11-12,17,20H,7-10,13H2,1-2H3. The molecule has 1 fully saturated rings. The Morgan fingerprint density at radius 3 is 2.92 bits per heavy atom. The van der Waals surface area contributed by atoms with Crippen molar-refractivity contribution in [1.29, 1.82) is 0 Å². The molecule has 2 unspecified atom stereocenters. The van der Waals surface area contributed by atoms with E-state index in [1.165, 1.54) is 11.1 Å². The molecule has 1 N–H and O–H groups in total. The van der Waals surface area contributed by atoms with Gasteiger partial charge in [0.2, 0.25) is 5.91 Å². The number of hydrogen-bond donors (Lipinski definition) is 1. The van der Waals surface area contributed by atoms with E-state index < -0.39 is 5.60 Å². The Bertz CT molecular complexity index is 787. The Balaban J connectivity index is 1.49. The fraction of sp³-hybridized carbons (Fsp3) is 0.474. The molecule has 6 heteroatoms. The van der Waals surface area contributed by atoms with Crippen molar-refractivity contribution < 1.29 is 9.53 Å². The molecule has 1 saturated heterocycles. The van der Waals surface area contributed by atoms with E-state index in [0.29, 0.717) is 19.7 Å². The number of aromatic nitrogens is 2. The number of benzene rings is 1. The molecular weight excluding hydrogens is 316 g/mol. The molecule has 2 atom stereocenters. The van der Waals surface area contributed by atoms with Crippen LogP contribution in [0.1, 0.15) is 23.6 Å². The van der Waals surface area contributed by atoms with Crippen molar-refractivity contribution in [2.75, 3.05) is 19.7 Å². The van der Waals surface area contributed by atoms with Crippen LogP contribution >= 0.6 is 0 Å². The molecule has 2 aliphatic rings. The zero-order valence-corrected chi connectivity index (χ0v) is 14.7. The van der Waals surface area contributed by atoms with E-state index in [2.05, 4.69) is 22.5 Å². The highest BCUT2D eigenvalue weighted by Crippen LogP contribution is 2.29. The first-order valence-corrected chi connectivity index (χ1v) is 8.77. The van der Waals surface area contributed by atoms with Crippen molar-refractivity contribution in [3.63, 3.8) is 0 Å². The van der Waals surface area contributed by atoms with Gasteiger partial charge in [-0.2, -0.15) is 5.10 Å². The summed E-state index contributed by atoms with van der Waals surface area (Å²) in [6.45, 7) is 4.51. The van der Waals surface area contributed by atoms with Gasteiger partial charge in [0.25, 0.3) is 0 Å². The van der Waals surface area contributed by atoms with Crippen molar-refractivity contribution in [1.82, 2.24) is 20.0 Å². The van der Waals surface area contributed by atoms with Gasteiger partial charge in [0.1, 0.15) is 5.60 Å². The minimum atomic E-state index is -0.505. The van der Waals surface area contributed by atoms with Gasteiger partial charge in [-0.15, -0.1) is 0 Å². The second kappa shape index (κ2) is 6.28. The van der Waals surface area contributed by atoms with Crippen LogP contribution in [0.3, 0.4) is 0 Å². The van der Waals surface area contributed by atoms with Crippen molar-refractivity contribution in [3.05, 3.63) is 53.3 Å². The van der Waals surface area contributed by atoms with Crippen LogP contribution in [0, 0.1) is 0 Å². The molecule has 1 aromatic heterocycles. The fourth-order valence-electron chi connectivity index (χ4n) is 3.78. The molecule has 132 valence electrons. The van der Waals surface area contributed by atoms with E-state index in [-0.39, 0.29) is 11.9 Å². The van der Waals surface area contributed by atoms with Gasteiger partial charge in [-0.1, -0.05) is 24.3 Å². The minimum absolute atomic E-state index is 0.160. The van der Waals surface area contributed by atoms with Crippen LogP contribution in [0.15, 0.2) is 36.7 Å². The molecule has 1 amide bonds. The molecule has 4 rings (SSSR count). The lowest BCUT2D eigenvalue weighted by Crippen LogP contribution is -2.56. The largest absolute Gasteiger partial charge is 0.367 e. The van der Waals surface area contributed by atoms with Gasteiger partial charge < -0.3 is 15.0 Å². The molecule has 25 heavy (non-hydrogen) atoms. The molecule has 0 radical (unpaired) electrons. The molecule has 0 saturated carbocycles. The Morgan fingerprint density at radius 1 is 1.36 bits per heavy atom. The summed E-state index contributed by atoms with van der Waals surface area (Å²) in [6, 6.07) is 8.17. The monoisotopic (exact) mass is 340 g/mol. The van der Waals surface area contributed by atoms with Crippen molar-refractivity contribution >= 4 is 5.91 Å². The number of rotatable bonds is 2. The van der Waals surface area contributed by atoms with Crippen LogP contribution in [-0.4, -0.2) is 46.3 Å². The van der Waals surface area contributed by atoms with Crippen LogP contribution in [0.4, 0.5) is 0 Å². The number of fused-ring (bicyclic) bond motifs is 1. The van der Waals surface area contributed by atoms with E-state index in [4.69, 9.17) is 4.74 Å². The van der Waals surface area contributed by atoms with Crippen LogP contribution in [-0.2, 0) is 35.1 Å². The fourth-order valence-corrected chi connectivity index (χ4v) is 3.78. The first kappa shape index (κ1) is 16.3. The summed E-state index contributed by atoms with van der Waals surface area (Å²) in [4.78, 5) is 15.0. The Hall–Kier alpha value is -2.18. The zero-order chi connectivity index (χ0) is 17.4. The SMILES string of the molecule is Cn1cc(C2(C)CN(C(=O)C3Cc4ccccc4CN3)CCO2)cn1. The van der Waals surface area contributed by atoms with Gasteiger partial charge in [-0.25, -0.2) is 0 Å². The summed E-state index contributed by atoms with van der Waals surface area (Å²) >= 11 is 0. The molecule has 1 aromatic carbocycles. The van der Waals surface area contributed by atoms with Crippen LogP contribution in [0.25, 0.3) is 0 Å². The van der Waals surface area contributed by atoms with Gasteiger partial charge in [0, 0.05) is 31.9 Å². The molecular formula is C19H24N4O2. The van der Waals surface area contributed by atoms with Crippen LogP contribution in [0.5, 0.6) is 0 Å². The second-order valence-electron chi connectivity index (χ2n) is 7.15. The maximum absolute atomic E-state index is 13.1. The third-order valence-electron chi connectivity index (χ3n) is 5.28. The summed E-state index contributed by atoms with van der Waals surface area (Å²) in [5, 5.41) is 7.64. The van der Waals surface area contributed by atoms with Crippen molar-refractivity contribution in [3.8, 4) is 0 Å². The summed E-state index contributed by atoms with van der Waals surface area (Å²) in [7, 11) is 1.89. The van der Waals surface area contributed by atoms with E-state index in [1.54, 1.807) is 4.68 Å². The lowest BCUT2D eigenvalue weighted by Gasteiger charge is -2.41. The Kier molecular flexibility index (Phi) is 4.09. The quantitative estimate of drug-likeness (QED) is 0.893. The molecule has 0 spiro atoms. The first-order valence-electron chi connectivity index (χ1n) is 8.77. The maximum Gasteiger partial charge on any atom is 0.240 e. The second-order valence-corrected chi connectivity index (χ2v) is 7.15. The van der Waals surface area contributed by atoms with Crippen molar-refractivity contribution in [2.45, 2.75) is 31.5 Å². The number of carbonyl (C=O) groups is 1. The predicted molar refractivity (Wildman–Crippen MR) is 93.9 cm³/mol. The highest BCUT2D eigenvalue weighted by molar-refractivity contribution is 5.82. The van der Waals surface area contributed by atoms with Gasteiger partial charge >= 0.3 is 0 Å².